The van der Waals surface area contributed by atoms with Crippen molar-refractivity contribution in [3.8, 4) is 0 Å². The van der Waals surface area contributed by atoms with Gasteiger partial charge in [-0.2, -0.15) is 0 Å². The van der Waals surface area contributed by atoms with Crippen LogP contribution in [0.5, 0.6) is 0 Å². The Morgan fingerprint density at radius 1 is 0.974 bits per heavy atom. The normalized spacial score (nSPS) is 21.9. The highest BCUT2D eigenvalue weighted by molar-refractivity contribution is 6.35. The first-order valence-electron chi connectivity index (χ1n) is 14.0. The van der Waals surface area contributed by atoms with Gasteiger partial charge in [0, 0.05) is 25.1 Å². The number of nitrogens with zero attached hydrogens (tertiary/aromatic N) is 2. The number of nitrogens with one attached hydrogen (secondary N) is 2. The van der Waals surface area contributed by atoms with E-state index in [1.807, 2.05) is 29.2 Å². The van der Waals surface area contributed by atoms with E-state index in [1.54, 1.807) is 4.90 Å². The van der Waals surface area contributed by atoms with Gasteiger partial charge in [0.25, 0.3) is 5.91 Å². The molecule has 2 N–H and O–H groups in total. The standard InChI is InChI=1S/C30H33ClN4O4/c31-23-10-5-9-22-26(23)34(29(39)30(22)13-15-32-16-14-30)17-3-1-2-6-19-7-4-8-20-21(19)18-35(28(20)38)24-11-12-25(36)33-27(24)37/h4-5,7-10,24,32H,1-3,6,11-18H2,(H,33,36,37). The molecule has 2 aromatic rings. The molecule has 4 aliphatic heterocycles. The van der Waals surface area contributed by atoms with Crippen molar-refractivity contribution >= 4 is 40.9 Å². The molecule has 0 saturated carbocycles. The minimum atomic E-state index is -0.605. The summed E-state index contributed by atoms with van der Waals surface area (Å²) in [4.78, 5) is 54.2. The lowest BCUT2D eigenvalue weighted by molar-refractivity contribution is -0.137. The fraction of sp³-hybridized carbons (Fsp3) is 0.467. The lowest BCUT2D eigenvalue weighted by Crippen LogP contribution is -2.52. The highest BCUT2D eigenvalue weighted by Crippen LogP contribution is 2.49. The molecule has 1 atom stereocenters. The third kappa shape index (κ3) is 4.43. The minimum absolute atomic E-state index is 0.142. The lowest BCUT2D eigenvalue weighted by Gasteiger charge is -2.33. The number of benzene rings is 2. The average molecular weight is 549 g/mol. The van der Waals surface area contributed by atoms with Crippen molar-refractivity contribution in [2.45, 2.75) is 69.4 Å². The van der Waals surface area contributed by atoms with Gasteiger partial charge >= 0.3 is 0 Å². The summed E-state index contributed by atoms with van der Waals surface area (Å²) in [5, 5.41) is 6.38. The van der Waals surface area contributed by atoms with Gasteiger partial charge in [0.2, 0.25) is 17.7 Å². The first-order valence-corrected chi connectivity index (χ1v) is 14.4. The highest BCUT2D eigenvalue weighted by Gasteiger charge is 2.51. The van der Waals surface area contributed by atoms with E-state index in [0.29, 0.717) is 30.1 Å². The molecule has 0 radical (unpaired) electrons. The zero-order chi connectivity index (χ0) is 27.1. The summed E-state index contributed by atoms with van der Waals surface area (Å²) in [7, 11) is 0. The fourth-order valence-electron chi connectivity index (χ4n) is 6.85. The first kappa shape index (κ1) is 26.0. The molecule has 2 aromatic carbocycles. The minimum Gasteiger partial charge on any atom is -0.322 e. The number of hydrogen-bond donors (Lipinski definition) is 2. The second-order valence-electron chi connectivity index (χ2n) is 11.1. The number of piperidine rings is 2. The van der Waals surface area contributed by atoms with E-state index in [1.165, 1.54) is 0 Å². The summed E-state index contributed by atoms with van der Waals surface area (Å²) in [6.07, 6.45) is 5.74. The maximum atomic E-state index is 13.7. The number of carbonyl (C=O) groups excluding carboxylic acids is 4. The van der Waals surface area contributed by atoms with Crippen molar-refractivity contribution in [1.29, 1.82) is 0 Å². The van der Waals surface area contributed by atoms with Gasteiger partial charge in [0.1, 0.15) is 6.04 Å². The van der Waals surface area contributed by atoms with Gasteiger partial charge in [-0.1, -0.05) is 42.3 Å². The largest absolute Gasteiger partial charge is 0.322 e. The van der Waals surface area contributed by atoms with E-state index in [9.17, 15) is 19.2 Å². The number of fused-ring (bicyclic) bond motifs is 3. The maximum Gasteiger partial charge on any atom is 0.255 e. The maximum absolute atomic E-state index is 13.7. The molecular formula is C30H33ClN4O4. The lowest BCUT2D eigenvalue weighted by atomic mass is 9.74. The summed E-state index contributed by atoms with van der Waals surface area (Å²) in [6, 6.07) is 11.1. The number of carbonyl (C=O) groups is 4. The van der Waals surface area contributed by atoms with E-state index < -0.39 is 17.4 Å². The Labute approximate surface area is 233 Å². The van der Waals surface area contributed by atoms with E-state index in [-0.39, 0.29) is 24.1 Å². The van der Waals surface area contributed by atoms with Gasteiger partial charge in [0.15, 0.2) is 0 Å². The van der Waals surface area contributed by atoms with Crippen LogP contribution in [0.1, 0.15) is 72.0 Å². The smallest absolute Gasteiger partial charge is 0.255 e. The van der Waals surface area contributed by atoms with Crippen LogP contribution in [0.4, 0.5) is 5.69 Å². The van der Waals surface area contributed by atoms with Crippen molar-refractivity contribution in [3.63, 3.8) is 0 Å². The van der Waals surface area contributed by atoms with Crippen LogP contribution in [0, 0.1) is 0 Å². The molecular weight excluding hydrogens is 516 g/mol. The van der Waals surface area contributed by atoms with Crippen LogP contribution in [-0.4, -0.2) is 54.2 Å². The molecule has 8 nitrogen and oxygen atoms in total. The number of hydrogen-bond acceptors (Lipinski definition) is 5. The average Bonchev–Trinajstić information content (AvgIpc) is 3.38. The number of para-hydroxylation sites is 1. The van der Waals surface area contributed by atoms with Gasteiger partial charge in [-0.05, 0) is 80.4 Å². The molecule has 4 aliphatic rings. The number of imide groups is 1. The highest BCUT2D eigenvalue weighted by atomic mass is 35.5. The predicted octanol–water partition coefficient (Wildman–Crippen LogP) is 3.48. The molecule has 2 saturated heterocycles. The first-order chi connectivity index (χ1) is 18.9. The van der Waals surface area contributed by atoms with Crippen LogP contribution in [0.15, 0.2) is 36.4 Å². The summed E-state index contributed by atoms with van der Waals surface area (Å²) < 4.78 is 0. The van der Waals surface area contributed by atoms with E-state index in [2.05, 4.69) is 22.8 Å². The molecule has 0 aromatic heterocycles. The molecule has 1 unspecified atom stereocenters. The summed E-state index contributed by atoms with van der Waals surface area (Å²) in [5.74, 6) is -0.636. The molecule has 6 rings (SSSR count). The Kier molecular flexibility index (Phi) is 6.93. The third-order valence-corrected chi connectivity index (χ3v) is 9.20. The molecule has 4 amide bonds. The fourth-order valence-corrected chi connectivity index (χ4v) is 7.12. The molecule has 0 bridgehead atoms. The van der Waals surface area contributed by atoms with Gasteiger partial charge in [-0.15, -0.1) is 0 Å². The van der Waals surface area contributed by atoms with E-state index in [0.717, 1.165) is 74.0 Å². The molecule has 0 aliphatic carbocycles. The van der Waals surface area contributed by atoms with E-state index in [4.69, 9.17) is 11.6 Å². The Bertz CT molecular complexity index is 1350. The van der Waals surface area contributed by atoms with Crippen molar-refractivity contribution in [1.82, 2.24) is 15.5 Å². The number of halogens is 1. The second-order valence-corrected chi connectivity index (χ2v) is 11.5. The number of rotatable bonds is 7. The molecule has 9 heteroatoms. The van der Waals surface area contributed by atoms with Gasteiger partial charge in [-0.3, -0.25) is 24.5 Å². The SMILES string of the molecule is O=C1CCC(N2Cc3c(CCCCCN4C(=O)C5(CCNCC5)c5cccc(Cl)c54)cccc3C2=O)C(=O)N1. The topological polar surface area (TPSA) is 98.8 Å². The van der Waals surface area contributed by atoms with E-state index >= 15 is 0 Å². The zero-order valence-corrected chi connectivity index (χ0v) is 22.7. The zero-order valence-electron chi connectivity index (χ0n) is 21.9. The Morgan fingerprint density at radius 3 is 2.56 bits per heavy atom. The molecule has 39 heavy (non-hydrogen) atoms. The van der Waals surface area contributed by atoms with Crippen LogP contribution < -0.4 is 15.5 Å². The van der Waals surface area contributed by atoms with Gasteiger partial charge < -0.3 is 15.1 Å². The summed E-state index contributed by atoms with van der Waals surface area (Å²) in [5.41, 5.74) is 4.26. The molecule has 1 spiro atoms. The predicted molar refractivity (Wildman–Crippen MR) is 148 cm³/mol. The van der Waals surface area contributed by atoms with Gasteiger partial charge in [0.05, 0.1) is 16.1 Å². The van der Waals surface area contributed by atoms with Crippen LogP contribution in [0.2, 0.25) is 5.02 Å². The van der Waals surface area contributed by atoms with Crippen molar-refractivity contribution in [2.24, 2.45) is 0 Å². The summed E-state index contributed by atoms with van der Waals surface area (Å²) in [6.45, 7) is 2.69. The van der Waals surface area contributed by atoms with Crippen LogP contribution >= 0.6 is 11.6 Å². The Balaban J connectivity index is 1.08. The van der Waals surface area contributed by atoms with Crippen LogP contribution in [0.3, 0.4) is 0 Å². The monoisotopic (exact) mass is 548 g/mol. The summed E-state index contributed by atoms with van der Waals surface area (Å²) >= 11 is 6.62. The Morgan fingerprint density at radius 2 is 1.77 bits per heavy atom. The molecule has 4 heterocycles. The van der Waals surface area contributed by atoms with Gasteiger partial charge in [-0.25, -0.2) is 0 Å². The quantitative estimate of drug-likeness (QED) is 0.408. The molecule has 2 fully saturated rings. The Hall–Kier alpha value is -3.23. The molecule has 204 valence electrons. The van der Waals surface area contributed by atoms with Crippen molar-refractivity contribution in [3.05, 3.63) is 63.7 Å². The van der Waals surface area contributed by atoms with Crippen molar-refractivity contribution < 1.29 is 19.2 Å². The third-order valence-electron chi connectivity index (χ3n) is 8.89. The second kappa shape index (κ2) is 10.4. The van der Waals surface area contributed by atoms with Crippen molar-refractivity contribution in [2.75, 3.05) is 24.5 Å². The number of unbranched alkanes of at least 4 members (excludes halogenated alkanes) is 2. The number of aryl methyl sites for hydroxylation is 1. The number of amides is 4. The number of anilines is 1. The van der Waals surface area contributed by atoms with Crippen LogP contribution in [0.25, 0.3) is 0 Å². The van der Waals surface area contributed by atoms with Crippen LogP contribution in [-0.2, 0) is 32.8 Å².